The molecule has 1 N–H and O–H groups in total. The van der Waals surface area contributed by atoms with Gasteiger partial charge in [0.05, 0.1) is 5.69 Å². The maximum atomic E-state index is 10.1. The second-order valence-corrected chi connectivity index (χ2v) is 4.39. The summed E-state index contributed by atoms with van der Waals surface area (Å²) in [5, 5.41) is 11.1. The first kappa shape index (κ1) is 12.7. The Hall–Kier alpha value is -1.71. The first-order valence-corrected chi connectivity index (χ1v) is 6.30. The lowest BCUT2D eigenvalue weighted by molar-refractivity contribution is 0.315. The average Bonchev–Trinajstić information content (AvgIpc) is 2.47. The van der Waals surface area contributed by atoms with E-state index in [1.807, 2.05) is 54.6 Å². The summed E-state index contributed by atoms with van der Waals surface area (Å²) in [6.07, 6.45) is 0.981. The molecule has 0 bridgehead atoms. The highest BCUT2D eigenvalue weighted by Crippen LogP contribution is 2.17. The van der Waals surface area contributed by atoms with Gasteiger partial charge < -0.3 is 0 Å². The van der Waals surface area contributed by atoms with Crippen LogP contribution in [-0.4, -0.2) is 10.2 Å². The Bertz CT molecular complexity index is 522. The molecule has 0 atom stereocenters. The molecule has 92 valence electrons. The molecule has 2 nitrogen and oxygen atoms in total. The molecule has 0 aliphatic carbocycles. The van der Waals surface area contributed by atoms with Crippen molar-refractivity contribution in [3.05, 3.63) is 65.7 Å². The number of hydrogen-bond acceptors (Lipinski definition) is 2. The molecule has 0 saturated carbocycles. The number of nitrogens with zero attached hydrogens (tertiary/aromatic N) is 1. The zero-order chi connectivity index (χ0) is 13.0. The van der Waals surface area contributed by atoms with Crippen molar-refractivity contribution in [2.24, 2.45) is 0 Å². The van der Waals surface area contributed by atoms with Crippen molar-refractivity contribution >= 4 is 22.9 Å². The summed E-state index contributed by atoms with van der Waals surface area (Å²) in [5.41, 5.74) is 2.74. The molecule has 0 saturated heterocycles. The zero-order valence-electron chi connectivity index (χ0n) is 10.2. The van der Waals surface area contributed by atoms with Crippen LogP contribution in [0.1, 0.15) is 18.1 Å². The van der Waals surface area contributed by atoms with E-state index in [2.05, 4.69) is 6.92 Å². The van der Waals surface area contributed by atoms with Crippen LogP contribution in [0.15, 0.2) is 54.6 Å². The molecule has 0 radical (unpaired) electrons. The van der Waals surface area contributed by atoms with Crippen molar-refractivity contribution in [3.63, 3.8) is 0 Å². The fourth-order valence-corrected chi connectivity index (χ4v) is 1.93. The highest BCUT2D eigenvalue weighted by Gasteiger charge is 2.10. The Kier molecular flexibility index (Phi) is 4.07. The van der Waals surface area contributed by atoms with E-state index < -0.39 is 0 Å². The van der Waals surface area contributed by atoms with Gasteiger partial charge in [0, 0.05) is 5.56 Å². The summed E-state index contributed by atoms with van der Waals surface area (Å²) < 4.78 is 0. The number of hydroxylamine groups is 1. The van der Waals surface area contributed by atoms with Gasteiger partial charge in [0.15, 0.2) is 0 Å². The highest BCUT2D eigenvalue weighted by atomic mass is 32.1. The topological polar surface area (TPSA) is 23.5 Å². The molecule has 2 aromatic carbocycles. The molecular weight excluding hydrogens is 242 g/mol. The monoisotopic (exact) mass is 257 g/mol. The third-order valence-corrected chi connectivity index (χ3v) is 3.21. The van der Waals surface area contributed by atoms with E-state index in [1.165, 1.54) is 5.56 Å². The van der Waals surface area contributed by atoms with Crippen molar-refractivity contribution in [2.75, 3.05) is 5.06 Å². The van der Waals surface area contributed by atoms with Gasteiger partial charge in [0.2, 0.25) is 0 Å². The predicted octanol–water partition coefficient (Wildman–Crippen LogP) is 3.82. The molecule has 0 unspecified atom stereocenters. The number of aryl methyl sites for hydroxylation is 1. The molecule has 0 amide bonds. The highest BCUT2D eigenvalue weighted by molar-refractivity contribution is 7.81. The number of rotatable bonds is 3. The molecule has 0 aliphatic rings. The van der Waals surface area contributed by atoms with E-state index in [0.717, 1.165) is 17.0 Å². The largest absolute Gasteiger partial charge is 0.283 e. The van der Waals surface area contributed by atoms with Crippen molar-refractivity contribution in [1.82, 2.24) is 0 Å². The van der Waals surface area contributed by atoms with Gasteiger partial charge in [-0.2, -0.15) is 0 Å². The summed E-state index contributed by atoms with van der Waals surface area (Å²) in [6, 6.07) is 17.2. The van der Waals surface area contributed by atoms with Crippen LogP contribution in [0.25, 0.3) is 0 Å². The molecule has 3 heteroatoms. The molecule has 18 heavy (non-hydrogen) atoms. The van der Waals surface area contributed by atoms with Gasteiger partial charge in [-0.3, -0.25) is 5.21 Å². The Morgan fingerprint density at radius 1 is 1.06 bits per heavy atom. The maximum Gasteiger partial charge on any atom is 0.139 e. The number of anilines is 1. The normalized spacial score (nSPS) is 10.1. The minimum atomic E-state index is 0.403. The van der Waals surface area contributed by atoms with Crippen molar-refractivity contribution in [3.8, 4) is 0 Å². The lowest BCUT2D eigenvalue weighted by atomic mass is 10.1. The quantitative estimate of drug-likeness (QED) is 0.668. The smallest absolute Gasteiger partial charge is 0.139 e. The van der Waals surface area contributed by atoms with Crippen molar-refractivity contribution in [2.45, 2.75) is 13.3 Å². The Morgan fingerprint density at radius 2 is 1.67 bits per heavy atom. The Balaban J connectivity index is 2.20. The van der Waals surface area contributed by atoms with Crippen LogP contribution >= 0.6 is 12.2 Å². The SMILES string of the molecule is CCc1ccc(N(O)C(=S)c2ccccc2)cc1. The molecule has 0 aliphatic heterocycles. The van der Waals surface area contributed by atoms with Crippen LogP contribution in [-0.2, 0) is 6.42 Å². The van der Waals surface area contributed by atoms with Crippen LogP contribution in [0.2, 0.25) is 0 Å². The third kappa shape index (κ3) is 2.75. The van der Waals surface area contributed by atoms with E-state index in [9.17, 15) is 5.21 Å². The molecule has 2 rings (SSSR count). The standard InChI is InChI=1S/C15H15NOS/c1-2-12-8-10-14(11-9-12)16(17)15(18)13-6-4-3-5-7-13/h3-11,17H,2H2,1H3. The number of hydrogen-bond donors (Lipinski definition) is 1. The number of thiocarbonyl (C=S) groups is 1. The van der Waals surface area contributed by atoms with Gasteiger partial charge >= 0.3 is 0 Å². The van der Waals surface area contributed by atoms with E-state index >= 15 is 0 Å². The second-order valence-electron chi connectivity index (χ2n) is 4.00. The van der Waals surface area contributed by atoms with Crippen molar-refractivity contribution < 1.29 is 5.21 Å². The summed E-state index contributed by atoms with van der Waals surface area (Å²) in [7, 11) is 0. The molecule has 2 aromatic rings. The lowest BCUT2D eigenvalue weighted by Crippen LogP contribution is -2.25. The van der Waals surface area contributed by atoms with E-state index in [1.54, 1.807) is 0 Å². The summed E-state index contributed by atoms with van der Waals surface area (Å²) in [5.74, 6) is 0. The van der Waals surface area contributed by atoms with Crippen LogP contribution in [0, 0.1) is 0 Å². The fourth-order valence-electron chi connectivity index (χ4n) is 1.69. The first-order chi connectivity index (χ1) is 8.72. The van der Waals surface area contributed by atoms with Crippen molar-refractivity contribution in [1.29, 1.82) is 0 Å². The molecule has 0 spiro atoms. The van der Waals surface area contributed by atoms with Crippen LogP contribution in [0.3, 0.4) is 0 Å². The molecule has 0 fully saturated rings. The van der Waals surface area contributed by atoms with Gasteiger partial charge in [-0.05, 0) is 24.1 Å². The molecule has 0 heterocycles. The van der Waals surface area contributed by atoms with Gasteiger partial charge in [-0.25, -0.2) is 5.06 Å². The summed E-state index contributed by atoms with van der Waals surface area (Å²) in [6.45, 7) is 2.10. The second kappa shape index (κ2) is 5.76. The third-order valence-electron chi connectivity index (χ3n) is 2.80. The first-order valence-electron chi connectivity index (χ1n) is 5.89. The minimum absolute atomic E-state index is 0.403. The van der Waals surface area contributed by atoms with E-state index in [-0.39, 0.29) is 0 Å². The predicted molar refractivity (Wildman–Crippen MR) is 78.2 cm³/mol. The molecule has 0 aromatic heterocycles. The van der Waals surface area contributed by atoms with Crippen LogP contribution < -0.4 is 5.06 Å². The van der Waals surface area contributed by atoms with E-state index in [4.69, 9.17) is 12.2 Å². The summed E-state index contributed by atoms with van der Waals surface area (Å²) in [4.78, 5) is 0.403. The zero-order valence-corrected chi connectivity index (χ0v) is 11.0. The average molecular weight is 257 g/mol. The van der Waals surface area contributed by atoms with Gasteiger partial charge in [-0.15, -0.1) is 0 Å². The fraction of sp³-hybridized carbons (Fsp3) is 0.133. The Morgan fingerprint density at radius 3 is 2.22 bits per heavy atom. The van der Waals surface area contributed by atoms with Crippen LogP contribution in [0.5, 0.6) is 0 Å². The van der Waals surface area contributed by atoms with Gasteiger partial charge in [0.1, 0.15) is 4.99 Å². The van der Waals surface area contributed by atoms with Gasteiger partial charge in [-0.1, -0.05) is 61.6 Å². The van der Waals surface area contributed by atoms with Gasteiger partial charge in [0.25, 0.3) is 0 Å². The maximum absolute atomic E-state index is 10.1. The summed E-state index contributed by atoms with van der Waals surface area (Å²) >= 11 is 5.26. The molecular formula is C15H15NOS. The Labute approximate surface area is 112 Å². The van der Waals surface area contributed by atoms with E-state index in [0.29, 0.717) is 10.7 Å². The van der Waals surface area contributed by atoms with Crippen LogP contribution in [0.4, 0.5) is 5.69 Å². The lowest BCUT2D eigenvalue weighted by Gasteiger charge is -2.18. The minimum Gasteiger partial charge on any atom is -0.283 e. The number of benzene rings is 2.